The van der Waals surface area contributed by atoms with Gasteiger partial charge in [-0.3, -0.25) is 5.84 Å². The molecular formula is C52H48N2S2. The summed E-state index contributed by atoms with van der Waals surface area (Å²) in [6.45, 7) is 0. The van der Waals surface area contributed by atoms with Gasteiger partial charge < -0.3 is 5.43 Å². The molecule has 0 aliphatic heterocycles. The van der Waals surface area contributed by atoms with Crippen LogP contribution in [-0.4, -0.2) is 6.26 Å². The van der Waals surface area contributed by atoms with Crippen LogP contribution in [-0.2, 0) is 0 Å². The van der Waals surface area contributed by atoms with Crippen LogP contribution < -0.4 is 11.3 Å². The highest BCUT2D eigenvalue weighted by molar-refractivity contribution is 8.94. The van der Waals surface area contributed by atoms with Gasteiger partial charge in [0.05, 0.1) is 5.70 Å². The lowest BCUT2D eigenvalue weighted by molar-refractivity contribution is 0.753. The molecule has 0 fully saturated rings. The molecule has 1 aliphatic rings. The van der Waals surface area contributed by atoms with Crippen LogP contribution in [0.15, 0.2) is 215 Å². The van der Waals surface area contributed by atoms with Crippen molar-refractivity contribution in [1.82, 2.24) is 5.43 Å². The van der Waals surface area contributed by atoms with E-state index in [4.69, 9.17) is 5.84 Å². The van der Waals surface area contributed by atoms with E-state index in [1.165, 1.54) is 72.1 Å². The van der Waals surface area contributed by atoms with Crippen molar-refractivity contribution in [2.75, 3.05) is 6.26 Å². The third-order valence-electron chi connectivity index (χ3n) is 10.9. The SMILES string of the molecule is CS(Sc1ccccc1)(c1ccccc1)c1cccc(-c2ccc(C3=C(c4ccc(C(/C=C(\NN)c5ccccc5)c5ccccc5)cc4)CCCC3)cc2)c1. The van der Waals surface area contributed by atoms with Gasteiger partial charge in [0.25, 0.3) is 0 Å². The molecule has 0 saturated carbocycles. The summed E-state index contributed by atoms with van der Waals surface area (Å²) in [5, 5.41) is 0. The molecule has 2 unspecified atom stereocenters. The van der Waals surface area contributed by atoms with Gasteiger partial charge in [-0.05, 0) is 125 Å². The highest BCUT2D eigenvalue weighted by Gasteiger charge is 2.26. The van der Waals surface area contributed by atoms with Gasteiger partial charge in [0.2, 0.25) is 0 Å². The first-order valence-electron chi connectivity index (χ1n) is 19.5. The molecule has 3 N–H and O–H groups in total. The Morgan fingerprint density at radius 1 is 0.536 bits per heavy atom. The zero-order valence-corrected chi connectivity index (χ0v) is 33.5. The largest absolute Gasteiger partial charge is 0.324 e. The Hall–Kier alpha value is -5.52. The standard InChI is InChI=1S/C52H48N2S2/c1-56(47-24-12-5-13-25-47,55-46-22-10-4-11-23-46)48-26-16-21-45(37-48)39-29-31-41(32-30-39)49-27-14-15-28-50(49)42-33-35-43(36-34-42)51(40-17-6-2-7-18-40)38-52(54-53)44-19-8-3-9-20-44/h2-13,16-26,29-38,51,54H,14-15,27-28,53H2,1H3/b52-38-. The van der Waals surface area contributed by atoms with Crippen LogP contribution in [0.25, 0.3) is 28.0 Å². The molecule has 0 bridgehead atoms. The molecule has 4 heteroatoms. The molecule has 0 radical (unpaired) electrons. The van der Waals surface area contributed by atoms with Crippen LogP contribution >= 0.6 is 19.9 Å². The van der Waals surface area contributed by atoms with Crippen molar-refractivity contribution < 1.29 is 0 Å². The number of rotatable bonds is 12. The van der Waals surface area contributed by atoms with E-state index >= 15 is 0 Å². The summed E-state index contributed by atoms with van der Waals surface area (Å²) in [5.74, 6) is 6.14. The van der Waals surface area contributed by atoms with Crippen molar-refractivity contribution in [3.05, 3.63) is 228 Å². The predicted octanol–water partition coefficient (Wildman–Crippen LogP) is 14.0. The van der Waals surface area contributed by atoms with E-state index < -0.39 is 9.06 Å². The average Bonchev–Trinajstić information content (AvgIpc) is 3.28. The number of benzene rings is 7. The van der Waals surface area contributed by atoms with Gasteiger partial charge >= 0.3 is 0 Å². The van der Waals surface area contributed by atoms with Gasteiger partial charge in [-0.2, -0.15) is 0 Å². The van der Waals surface area contributed by atoms with E-state index in [0.29, 0.717) is 0 Å². The number of nitrogens with one attached hydrogen (secondary N) is 1. The minimum atomic E-state index is -1.39. The van der Waals surface area contributed by atoms with Gasteiger partial charge in [0.1, 0.15) is 0 Å². The van der Waals surface area contributed by atoms with Crippen molar-refractivity contribution in [2.24, 2.45) is 5.84 Å². The summed E-state index contributed by atoms with van der Waals surface area (Å²) in [7, 11) is 0.600. The Kier molecular flexibility index (Phi) is 11.7. The molecule has 2 nitrogen and oxygen atoms in total. The van der Waals surface area contributed by atoms with Gasteiger partial charge in [-0.15, -0.1) is 9.06 Å². The molecule has 1 aliphatic carbocycles. The molecule has 8 rings (SSSR count). The minimum Gasteiger partial charge on any atom is -0.324 e. The lowest BCUT2D eigenvalue weighted by atomic mass is 9.82. The molecule has 0 heterocycles. The fraction of sp³-hybridized carbons (Fsp3) is 0.115. The van der Waals surface area contributed by atoms with Gasteiger partial charge in [0.15, 0.2) is 0 Å². The maximum absolute atomic E-state index is 6.09. The minimum absolute atomic E-state index is 0.0476. The van der Waals surface area contributed by atoms with Crippen LogP contribution in [0.2, 0.25) is 0 Å². The summed E-state index contributed by atoms with van der Waals surface area (Å²) in [6.07, 6.45) is 9.30. The van der Waals surface area contributed by atoms with Crippen molar-refractivity contribution >= 4 is 36.7 Å². The quantitative estimate of drug-likeness (QED) is 0.0739. The lowest BCUT2D eigenvalue weighted by Crippen LogP contribution is -2.20. The van der Waals surface area contributed by atoms with E-state index in [-0.39, 0.29) is 5.92 Å². The molecule has 0 amide bonds. The van der Waals surface area contributed by atoms with E-state index in [0.717, 1.165) is 24.1 Å². The lowest BCUT2D eigenvalue weighted by Gasteiger charge is -2.36. The molecule has 0 saturated heterocycles. The molecule has 7 aromatic carbocycles. The third kappa shape index (κ3) is 8.34. The maximum Gasteiger partial charge on any atom is 0.0527 e. The van der Waals surface area contributed by atoms with Crippen LogP contribution in [0.3, 0.4) is 0 Å². The van der Waals surface area contributed by atoms with Gasteiger partial charge in [-0.25, -0.2) is 0 Å². The van der Waals surface area contributed by atoms with E-state index in [2.05, 4.69) is 194 Å². The number of nitrogens with two attached hydrogens (primary N) is 1. The maximum atomic E-state index is 6.09. The van der Waals surface area contributed by atoms with E-state index in [1.54, 1.807) is 0 Å². The van der Waals surface area contributed by atoms with Crippen molar-refractivity contribution in [2.45, 2.75) is 46.3 Å². The van der Waals surface area contributed by atoms with Crippen LogP contribution in [0, 0.1) is 0 Å². The highest BCUT2D eigenvalue weighted by atomic mass is 33.2. The van der Waals surface area contributed by atoms with Crippen molar-refractivity contribution in [3.8, 4) is 11.1 Å². The molecule has 0 spiro atoms. The highest BCUT2D eigenvalue weighted by Crippen LogP contribution is 2.71. The van der Waals surface area contributed by atoms with Crippen LogP contribution in [0.1, 0.15) is 59.4 Å². The fourth-order valence-corrected chi connectivity index (χ4v) is 13.0. The average molecular weight is 765 g/mol. The van der Waals surface area contributed by atoms with Crippen LogP contribution in [0.5, 0.6) is 0 Å². The Morgan fingerprint density at radius 2 is 1.04 bits per heavy atom. The Bertz CT molecular complexity index is 2410. The monoisotopic (exact) mass is 764 g/mol. The zero-order chi connectivity index (χ0) is 38.2. The van der Waals surface area contributed by atoms with Gasteiger partial charge in [0, 0.05) is 20.6 Å². The molecular weight excluding hydrogens is 717 g/mol. The van der Waals surface area contributed by atoms with Gasteiger partial charge in [-0.1, -0.05) is 169 Å². The van der Waals surface area contributed by atoms with E-state index in [1.807, 2.05) is 29.0 Å². The predicted molar refractivity (Wildman–Crippen MR) is 242 cm³/mol. The second-order valence-electron chi connectivity index (χ2n) is 14.4. The molecule has 2 atom stereocenters. The molecule has 0 aromatic heterocycles. The second-order valence-corrected chi connectivity index (χ2v) is 20.2. The number of hydrazine groups is 1. The molecule has 56 heavy (non-hydrogen) atoms. The fourth-order valence-electron chi connectivity index (χ4n) is 7.85. The van der Waals surface area contributed by atoms with Crippen LogP contribution in [0.4, 0.5) is 0 Å². The second kappa shape index (κ2) is 17.5. The Balaban J connectivity index is 1.09. The summed E-state index contributed by atoms with van der Waals surface area (Å²) >= 11 is 0. The van der Waals surface area contributed by atoms with Crippen molar-refractivity contribution in [1.29, 1.82) is 0 Å². The first kappa shape index (κ1) is 37.4. The third-order valence-corrected chi connectivity index (χ3v) is 16.7. The Labute approximate surface area is 337 Å². The topological polar surface area (TPSA) is 38.0 Å². The number of hydrogen-bond donors (Lipinski definition) is 2. The number of allylic oxidation sites excluding steroid dienone is 3. The normalized spacial score (nSPS) is 15.4. The molecule has 278 valence electrons. The molecule has 7 aromatic rings. The zero-order valence-electron chi connectivity index (χ0n) is 31.9. The number of hydrogen-bond acceptors (Lipinski definition) is 3. The van der Waals surface area contributed by atoms with E-state index in [9.17, 15) is 0 Å². The summed E-state index contributed by atoms with van der Waals surface area (Å²) in [6, 6.07) is 70.7. The summed E-state index contributed by atoms with van der Waals surface area (Å²) < 4.78 is 0. The summed E-state index contributed by atoms with van der Waals surface area (Å²) in [4.78, 5) is 4.05. The summed E-state index contributed by atoms with van der Waals surface area (Å²) in [5.41, 5.74) is 15.5. The first-order valence-corrected chi connectivity index (χ1v) is 22.9. The van der Waals surface area contributed by atoms with Crippen molar-refractivity contribution in [3.63, 3.8) is 0 Å². The first-order chi connectivity index (χ1) is 27.6. The Morgan fingerprint density at radius 3 is 1.64 bits per heavy atom. The smallest absolute Gasteiger partial charge is 0.0527 e.